The molecule has 2 unspecified atom stereocenters. The van der Waals surface area contributed by atoms with Gasteiger partial charge in [0.15, 0.2) is 0 Å². The molecule has 0 bridgehead atoms. The monoisotopic (exact) mass is 314 g/mol. The number of fused-ring (bicyclic) bond motifs is 1. The van der Waals surface area contributed by atoms with E-state index in [1.54, 1.807) is 0 Å². The zero-order chi connectivity index (χ0) is 16.1. The highest BCUT2D eigenvalue weighted by Gasteiger charge is 2.16. The van der Waals surface area contributed by atoms with Gasteiger partial charge >= 0.3 is 0 Å². The van der Waals surface area contributed by atoms with Crippen molar-refractivity contribution < 1.29 is 9.84 Å². The molecule has 1 aliphatic carbocycles. The molecule has 1 aromatic carbocycles. The van der Waals surface area contributed by atoms with Crippen LogP contribution < -0.4 is 0 Å². The van der Waals surface area contributed by atoms with Gasteiger partial charge in [-0.25, -0.2) is 4.98 Å². The van der Waals surface area contributed by atoms with Crippen molar-refractivity contribution in [1.29, 1.82) is 0 Å². The lowest BCUT2D eigenvalue weighted by molar-refractivity contribution is -0.0176. The molecule has 1 heterocycles. The van der Waals surface area contributed by atoms with Crippen LogP contribution in [0.15, 0.2) is 36.4 Å². The molecule has 0 spiro atoms. The molecule has 0 amide bonds. The lowest BCUT2D eigenvalue weighted by Gasteiger charge is -2.21. The number of benzene rings is 1. The van der Waals surface area contributed by atoms with E-state index in [0.717, 1.165) is 49.0 Å². The molecule has 4 nitrogen and oxygen atoms in total. The Labute approximate surface area is 137 Å². The summed E-state index contributed by atoms with van der Waals surface area (Å²) in [6, 6.07) is 8.13. The van der Waals surface area contributed by atoms with Crippen LogP contribution in [0.25, 0.3) is 11.0 Å². The number of aromatic nitrogens is 2. The van der Waals surface area contributed by atoms with Gasteiger partial charge in [0.05, 0.1) is 36.4 Å². The van der Waals surface area contributed by atoms with Crippen LogP contribution in [0.2, 0.25) is 0 Å². The van der Waals surface area contributed by atoms with Crippen molar-refractivity contribution in [2.75, 3.05) is 6.61 Å². The first kappa shape index (κ1) is 16.2. The van der Waals surface area contributed by atoms with Gasteiger partial charge in [0.2, 0.25) is 0 Å². The molecule has 2 aromatic rings. The summed E-state index contributed by atoms with van der Waals surface area (Å²) in [5.74, 6) is 1.05. The third kappa shape index (κ3) is 4.01. The molecule has 1 N–H and O–H groups in total. The first-order valence-electron chi connectivity index (χ1n) is 8.66. The number of rotatable bonds is 7. The highest BCUT2D eigenvalue weighted by Crippen LogP contribution is 2.19. The standard InChI is InChI=1S/C19H26N2O2/c1-2-8-19-20-17-11-6-7-12-18(17)21(19)13-15(22)14-23-16-9-4-3-5-10-16/h3-4,6-7,11-12,15-16,22H,2,5,8-10,13-14H2,1H3. The molecule has 2 atom stereocenters. The second-order valence-corrected chi connectivity index (χ2v) is 6.27. The van der Waals surface area contributed by atoms with E-state index in [-0.39, 0.29) is 6.10 Å². The Morgan fingerprint density at radius 2 is 2.22 bits per heavy atom. The molecule has 124 valence electrons. The maximum absolute atomic E-state index is 10.4. The number of nitrogens with zero attached hydrogens (tertiary/aromatic N) is 2. The van der Waals surface area contributed by atoms with E-state index in [4.69, 9.17) is 9.72 Å². The number of hydrogen-bond acceptors (Lipinski definition) is 3. The first-order chi connectivity index (χ1) is 11.3. The molecule has 0 radical (unpaired) electrons. The minimum Gasteiger partial charge on any atom is -0.389 e. The maximum Gasteiger partial charge on any atom is 0.109 e. The lowest BCUT2D eigenvalue weighted by Crippen LogP contribution is -2.26. The zero-order valence-electron chi connectivity index (χ0n) is 13.8. The quantitative estimate of drug-likeness (QED) is 0.796. The van der Waals surface area contributed by atoms with Gasteiger partial charge in [0, 0.05) is 6.42 Å². The molecule has 1 aromatic heterocycles. The highest BCUT2D eigenvalue weighted by molar-refractivity contribution is 5.75. The van der Waals surface area contributed by atoms with E-state index in [2.05, 4.69) is 29.7 Å². The van der Waals surface area contributed by atoms with Crippen LogP contribution >= 0.6 is 0 Å². The molecule has 23 heavy (non-hydrogen) atoms. The number of allylic oxidation sites excluding steroid dienone is 1. The highest BCUT2D eigenvalue weighted by atomic mass is 16.5. The van der Waals surface area contributed by atoms with Crippen molar-refractivity contribution in [1.82, 2.24) is 9.55 Å². The smallest absolute Gasteiger partial charge is 0.109 e. The van der Waals surface area contributed by atoms with Gasteiger partial charge in [-0.2, -0.15) is 0 Å². The summed E-state index contributed by atoms with van der Waals surface area (Å²) in [5, 5.41) is 10.4. The Morgan fingerprint density at radius 3 is 3.00 bits per heavy atom. The fraction of sp³-hybridized carbons (Fsp3) is 0.526. The fourth-order valence-corrected chi connectivity index (χ4v) is 3.17. The summed E-state index contributed by atoms with van der Waals surface area (Å²) in [6.07, 6.45) is 9.18. The Balaban J connectivity index is 1.67. The van der Waals surface area contributed by atoms with Gasteiger partial charge < -0.3 is 14.4 Å². The summed E-state index contributed by atoms with van der Waals surface area (Å²) in [4.78, 5) is 4.71. The van der Waals surface area contributed by atoms with Gasteiger partial charge in [0.1, 0.15) is 5.82 Å². The van der Waals surface area contributed by atoms with Gasteiger partial charge in [-0.3, -0.25) is 0 Å². The van der Waals surface area contributed by atoms with Crippen LogP contribution in [-0.4, -0.2) is 33.5 Å². The fourth-order valence-electron chi connectivity index (χ4n) is 3.17. The van der Waals surface area contributed by atoms with E-state index < -0.39 is 6.10 Å². The normalized spacial score (nSPS) is 19.3. The van der Waals surface area contributed by atoms with E-state index >= 15 is 0 Å². The Hall–Kier alpha value is -1.65. The van der Waals surface area contributed by atoms with Crippen molar-refractivity contribution in [2.45, 2.75) is 57.8 Å². The number of hydrogen-bond donors (Lipinski definition) is 1. The predicted molar refractivity (Wildman–Crippen MR) is 92.5 cm³/mol. The van der Waals surface area contributed by atoms with Crippen molar-refractivity contribution in [3.63, 3.8) is 0 Å². The van der Waals surface area contributed by atoms with Gasteiger partial charge in [-0.1, -0.05) is 31.2 Å². The third-order valence-corrected chi connectivity index (χ3v) is 4.35. The maximum atomic E-state index is 10.4. The molecule has 4 heteroatoms. The second kappa shape index (κ2) is 7.75. The molecule has 3 rings (SSSR count). The number of para-hydroxylation sites is 2. The first-order valence-corrected chi connectivity index (χ1v) is 8.66. The average Bonchev–Trinajstić information content (AvgIpc) is 2.92. The Morgan fingerprint density at radius 1 is 1.35 bits per heavy atom. The van der Waals surface area contributed by atoms with E-state index in [1.807, 2.05) is 18.2 Å². The van der Waals surface area contributed by atoms with E-state index in [9.17, 15) is 5.11 Å². The summed E-state index contributed by atoms with van der Waals surface area (Å²) >= 11 is 0. The van der Waals surface area contributed by atoms with Crippen LogP contribution in [0.4, 0.5) is 0 Å². The molecule has 0 saturated heterocycles. The van der Waals surface area contributed by atoms with Crippen molar-refractivity contribution in [3.8, 4) is 0 Å². The number of ether oxygens (including phenoxy) is 1. The third-order valence-electron chi connectivity index (χ3n) is 4.35. The number of aliphatic hydroxyl groups excluding tert-OH is 1. The summed E-state index contributed by atoms with van der Waals surface area (Å²) < 4.78 is 8.02. The van der Waals surface area contributed by atoms with Crippen molar-refractivity contribution >= 4 is 11.0 Å². The van der Waals surface area contributed by atoms with Crippen molar-refractivity contribution in [3.05, 3.63) is 42.2 Å². The van der Waals surface area contributed by atoms with E-state index in [0.29, 0.717) is 13.2 Å². The molecule has 0 fully saturated rings. The minimum absolute atomic E-state index is 0.254. The van der Waals surface area contributed by atoms with E-state index in [1.165, 1.54) is 0 Å². The van der Waals surface area contributed by atoms with Crippen LogP contribution in [0.3, 0.4) is 0 Å². The van der Waals surface area contributed by atoms with Crippen LogP contribution in [0.1, 0.15) is 38.4 Å². The number of aliphatic hydroxyl groups is 1. The Kier molecular flexibility index (Phi) is 5.47. The average molecular weight is 314 g/mol. The Bertz CT molecular complexity index is 662. The van der Waals surface area contributed by atoms with Gasteiger partial charge in [-0.05, 0) is 37.8 Å². The summed E-state index contributed by atoms with van der Waals surface area (Å²) in [5.41, 5.74) is 2.09. The van der Waals surface area contributed by atoms with Gasteiger partial charge in [0.25, 0.3) is 0 Å². The summed E-state index contributed by atoms with van der Waals surface area (Å²) in [6.45, 7) is 3.08. The van der Waals surface area contributed by atoms with Crippen LogP contribution in [0, 0.1) is 0 Å². The second-order valence-electron chi connectivity index (χ2n) is 6.27. The zero-order valence-corrected chi connectivity index (χ0v) is 13.8. The lowest BCUT2D eigenvalue weighted by atomic mass is 10.1. The van der Waals surface area contributed by atoms with Crippen LogP contribution in [0.5, 0.6) is 0 Å². The largest absolute Gasteiger partial charge is 0.389 e. The number of imidazole rings is 1. The molecule has 0 saturated carbocycles. The van der Waals surface area contributed by atoms with Crippen LogP contribution in [-0.2, 0) is 17.7 Å². The molecule has 0 aliphatic heterocycles. The topological polar surface area (TPSA) is 47.3 Å². The predicted octanol–water partition coefficient (Wildman–Crippen LogP) is 3.48. The molecular weight excluding hydrogens is 288 g/mol. The summed E-state index contributed by atoms with van der Waals surface area (Å²) in [7, 11) is 0. The van der Waals surface area contributed by atoms with Crippen molar-refractivity contribution in [2.24, 2.45) is 0 Å². The number of aryl methyl sites for hydroxylation is 1. The van der Waals surface area contributed by atoms with Gasteiger partial charge in [-0.15, -0.1) is 0 Å². The molecular formula is C19H26N2O2. The molecule has 1 aliphatic rings. The minimum atomic E-state index is -0.505. The SMILES string of the molecule is CCCc1nc2ccccc2n1CC(O)COC1CC=CCC1.